The monoisotopic (exact) mass is 264 g/mol. The van der Waals surface area contributed by atoms with Crippen LogP contribution in [0, 0.1) is 0 Å². The molecule has 5 nitrogen and oxygen atoms in total. The highest BCUT2D eigenvalue weighted by Crippen LogP contribution is 2.00. The third kappa shape index (κ3) is 5.52. The Balaban J connectivity index is 2.48. The summed E-state index contributed by atoms with van der Waals surface area (Å²) in [5, 5.41) is 14.7. The Kier molecular flexibility index (Phi) is 5.06. The van der Waals surface area contributed by atoms with Crippen molar-refractivity contribution in [2.45, 2.75) is 32.4 Å². The maximum atomic E-state index is 11.8. The number of rotatable bonds is 5. The molecule has 5 heteroatoms. The van der Waals surface area contributed by atoms with Gasteiger partial charge in [-0.15, -0.1) is 0 Å². The Labute approximate surface area is 113 Å². The first kappa shape index (κ1) is 15.2. The van der Waals surface area contributed by atoms with Gasteiger partial charge in [0.05, 0.1) is 5.60 Å². The van der Waals surface area contributed by atoms with E-state index in [2.05, 4.69) is 10.6 Å². The van der Waals surface area contributed by atoms with Crippen molar-refractivity contribution in [2.75, 3.05) is 6.54 Å². The van der Waals surface area contributed by atoms with Crippen molar-refractivity contribution in [3.63, 3.8) is 0 Å². The van der Waals surface area contributed by atoms with E-state index in [1.54, 1.807) is 45.0 Å². The van der Waals surface area contributed by atoms with Crippen LogP contribution in [0.1, 0.15) is 31.1 Å². The van der Waals surface area contributed by atoms with Crippen LogP contribution in [0.5, 0.6) is 0 Å². The summed E-state index contributed by atoms with van der Waals surface area (Å²) >= 11 is 0. The number of benzene rings is 1. The maximum absolute atomic E-state index is 11.8. The average Bonchev–Trinajstić information content (AvgIpc) is 2.36. The molecule has 0 aliphatic rings. The molecule has 0 aromatic heterocycles. The number of hydrogen-bond acceptors (Lipinski definition) is 3. The van der Waals surface area contributed by atoms with Gasteiger partial charge in [-0.3, -0.25) is 9.59 Å². The fraction of sp³-hybridized carbons (Fsp3) is 0.429. The highest BCUT2D eigenvalue weighted by atomic mass is 16.3. The van der Waals surface area contributed by atoms with E-state index in [1.807, 2.05) is 6.07 Å². The lowest BCUT2D eigenvalue weighted by atomic mass is 10.1. The average molecular weight is 264 g/mol. The third-order valence-corrected chi connectivity index (χ3v) is 2.47. The highest BCUT2D eigenvalue weighted by molar-refractivity contribution is 5.97. The first-order valence-electron chi connectivity index (χ1n) is 6.15. The van der Waals surface area contributed by atoms with Crippen LogP contribution in [0.15, 0.2) is 30.3 Å². The summed E-state index contributed by atoms with van der Waals surface area (Å²) in [7, 11) is 0. The molecule has 0 saturated heterocycles. The van der Waals surface area contributed by atoms with Crippen molar-refractivity contribution in [2.24, 2.45) is 0 Å². The molecule has 0 aliphatic carbocycles. The number of carbonyl (C=O) groups excluding carboxylic acids is 2. The molecule has 1 aromatic carbocycles. The van der Waals surface area contributed by atoms with Crippen LogP contribution in [0.2, 0.25) is 0 Å². The van der Waals surface area contributed by atoms with Crippen molar-refractivity contribution in [3.8, 4) is 0 Å². The van der Waals surface area contributed by atoms with Gasteiger partial charge in [0.25, 0.3) is 5.91 Å². The first-order chi connectivity index (χ1) is 8.79. The molecule has 0 radical (unpaired) electrons. The SMILES string of the molecule is CC(NC(=O)c1ccccc1)C(=O)NCC(C)(C)O. The zero-order valence-electron chi connectivity index (χ0n) is 11.4. The Morgan fingerprint density at radius 2 is 1.84 bits per heavy atom. The van der Waals surface area contributed by atoms with E-state index in [0.29, 0.717) is 5.56 Å². The smallest absolute Gasteiger partial charge is 0.251 e. The molecular formula is C14H20N2O3. The Morgan fingerprint density at radius 1 is 1.26 bits per heavy atom. The molecule has 1 unspecified atom stereocenters. The fourth-order valence-corrected chi connectivity index (χ4v) is 1.39. The van der Waals surface area contributed by atoms with Gasteiger partial charge >= 0.3 is 0 Å². The van der Waals surface area contributed by atoms with Crippen LogP contribution in [-0.2, 0) is 4.79 Å². The predicted octanol–water partition coefficient (Wildman–Crippen LogP) is 0.692. The molecule has 1 atom stereocenters. The second-order valence-electron chi connectivity index (χ2n) is 5.09. The van der Waals surface area contributed by atoms with E-state index in [4.69, 9.17) is 0 Å². The topological polar surface area (TPSA) is 78.4 Å². The van der Waals surface area contributed by atoms with Gasteiger partial charge in [0.15, 0.2) is 0 Å². The number of carbonyl (C=O) groups is 2. The minimum Gasteiger partial charge on any atom is -0.389 e. The molecule has 19 heavy (non-hydrogen) atoms. The van der Waals surface area contributed by atoms with E-state index >= 15 is 0 Å². The molecule has 0 fully saturated rings. The summed E-state index contributed by atoms with van der Waals surface area (Å²) in [4.78, 5) is 23.5. The second kappa shape index (κ2) is 6.33. The molecule has 0 heterocycles. The molecule has 0 bridgehead atoms. The van der Waals surface area contributed by atoms with Crippen LogP contribution in [0.3, 0.4) is 0 Å². The Bertz CT molecular complexity index is 438. The van der Waals surface area contributed by atoms with Gasteiger partial charge < -0.3 is 15.7 Å². The summed E-state index contributed by atoms with van der Waals surface area (Å²) in [6.45, 7) is 4.93. The van der Waals surface area contributed by atoms with Crippen LogP contribution < -0.4 is 10.6 Å². The van der Waals surface area contributed by atoms with E-state index in [9.17, 15) is 14.7 Å². The minimum absolute atomic E-state index is 0.136. The van der Waals surface area contributed by atoms with E-state index < -0.39 is 11.6 Å². The summed E-state index contributed by atoms with van der Waals surface area (Å²) in [6.07, 6.45) is 0. The first-order valence-corrected chi connectivity index (χ1v) is 6.15. The van der Waals surface area contributed by atoms with E-state index in [1.165, 1.54) is 0 Å². The van der Waals surface area contributed by atoms with Gasteiger partial charge in [-0.05, 0) is 32.9 Å². The van der Waals surface area contributed by atoms with Crippen molar-refractivity contribution in [1.82, 2.24) is 10.6 Å². The maximum Gasteiger partial charge on any atom is 0.251 e. The van der Waals surface area contributed by atoms with Crippen molar-refractivity contribution in [3.05, 3.63) is 35.9 Å². The van der Waals surface area contributed by atoms with Crippen LogP contribution in [-0.4, -0.2) is 35.1 Å². The lowest BCUT2D eigenvalue weighted by molar-refractivity contribution is -0.123. The molecule has 1 rings (SSSR count). The highest BCUT2D eigenvalue weighted by Gasteiger charge is 2.19. The van der Waals surface area contributed by atoms with Crippen molar-refractivity contribution >= 4 is 11.8 Å². The molecule has 0 aliphatic heterocycles. The summed E-state index contributed by atoms with van der Waals surface area (Å²) in [5.41, 5.74) is -0.469. The number of nitrogens with one attached hydrogen (secondary N) is 2. The minimum atomic E-state index is -0.973. The van der Waals surface area contributed by atoms with Crippen molar-refractivity contribution < 1.29 is 14.7 Å². The zero-order chi connectivity index (χ0) is 14.5. The summed E-state index contributed by atoms with van der Waals surface area (Å²) in [6, 6.07) is 8.03. The van der Waals surface area contributed by atoms with Gasteiger partial charge in [0.1, 0.15) is 6.04 Å². The van der Waals surface area contributed by atoms with Gasteiger partial charge in [-0.25, -0.2) is 0 Å². The van der Waals surface area contributed by atoms with Crippen LogP contribution in [0.4, 0.5) is 0 Å². The Morgan fingerprint density at radius 3 is 2.37 bits per heavy atom. The normalized spacial score (nSPS) is 12.6. The number of hydrogen-bond donors (Lipinski definition) is 3. The Hall–Kier alpha value is -1.88. The second-order valence-corrected chi connectivity index (χ2v) is 5.09. The molecule has 3 N–H and O–H groups in total. The van der Waals surface area contributed by atoms with Gasteiger partial charge in [0.2, 0.25) is 5.91 Å². The molecule has 0 saturated carbocycles. The summed E-state index contributed by atoms with van der Waals surface area (Å²) in [5.74, 6) is -0.627. The standard InChI is InChI=1S/C14H20N2O3/c1-10(12(17)15-9-14(2,3)19)16-13(18)11-7-5-4-6-8-11/h4-8,10,19H,9H2,1-3H3,(H,15,17)(H,16,18). The predicted molar refractivity (Wildman–Crippen MR) is 72.7 cm³/mol. The lowest BCUT2D eigenvalue weighted by Crippen LogP contribution is -2.48. The van der Waals surface area contributed by atoms with Gasteiger partial charge in [-0.1, -0.05) is 18.2 Å². The summed E-state index contributed by atoms with van der Waals surface area (Å²) < 4.78 is 0. The molecule has 104 valence electrons. The zero-order valence-corrected chi connectivity index (χ0v) is 11.4. The third-order valence-electron chi connectivity index (χ3n) is 2.47. The number of aliphatic hydroxyl groups is 1. The van der Waals surface area contributed by atoms with Gasteiger partial charge in [-0.2, -0.15) is 0 Å². The molecule has 2 amide bonds. The van der Waals surface area contributed by atoms with E-state index in [0.717, 1.165) is 0 Å². The van der Waals surface area contributed by atoms with Crippen LogP contribution >= 0.6 is 0 Å². The van der Waals surface area contributed by atoms with E-state index in [-0.39, 0.29) is 18.4 Å². The quantitative estimate of drug-likeness (QED) is 0.732. The molecular weight excluding hydrogens is 244 g/mol. The van der Waals surface area contributed by atoms with Crippen LogP contribution in [0.25, 0.3) is 0 Å². The molecule has 0 spiro atoms. The molecule has 1 aromatic rings. The van der Waals surface area contributed by atoms with Crippen molar-refractivity contribution in [1.29, 1.82) is 0 Å². The lowest BCUT2D eigenvalue weighted by Gasteiger charge is -2.20. The largest absolute Gasteiger partial charge is 0.389 e. The number of amides is 2. The fourth-order valence-electron chi connectivity index (χ4n) is 1.39. The van der Waals surface area contributed by atoms with Gasteiger partial charge in [0, 0.05) is 12.1 Å².